The van der Waals surface area contributed by atoms with Gasteiger partial charge in [0.25, 0.3) is 5.91 Å². The molecule has 6 heteroatoms. The Morgan fingerprint density at radius 1 is 1.43 bits per heavy atom. The molecule has 1 aromatic rings. The van der Waals surface area contributed by atoms with Crippen molar-refractivity contribution >= 4 is 11.9 Å². The molecular weight excluding hydrogens is 275 g/mol. The predicted molar refractivity (Wildman–Crippen MR) is 74.2 cm³/mol. The van der Waals surface area contributed by atoms with Crippen molar-refractivity contribution in [3.05, 3.63) is 29.8 Å². The number of carboxylic acids is 1. The molecule has 1 aliphatic rings. The molecule has 2 heterocycles. The highest BCUT2D eigenvalue weighted by atomic mass is 19.1. The summed E-state index contributed by atoms with van der Waals surface area (Å²) in [7, 11) is 0. The molecule has 1 unspecified atom stereocenters. The zero-order valence-electron chi connectivity index (χ0n) is 12.2. The number of hydrogen-bond acceptors (Lipinski definition) is 3. The number of nitrogens with zero attached hydrogens (tertiary/aromatic N) is 2. The van der Waals surface area contributed by atoms with E-state index in [4.69, 9.17) is 0 Å². The maximum absolute atomic E-state index is 13.2. The molecular formula is C15H19FN2O3. The fourth-order valence-electron chi connectivity index (χ4n) is 2.64. The Morgan fingerprint density at radius 3 is 2.76 bits per heavy atom. The number of piperidine rings is 1. The Morgan fingerprint density at radius 2 is 2.14 bits per heavy atom. The molecule has 21 heavy (non-hydrogen) atoms. The molecule has 1 N–H and O–H groups in total. The van der Waals surface area contributed by atoms with Crippen LogP contribution in [0.4, 0.5) is 4.39 Å². The number of aliphatic carboxylic acids is 1. The number of pyridine rings is 1. The van der Waals surface area contributed by atoms with Crippen molar-refractivity contribution in [3.8, 4) is 0 Å². The van der Waals surface area contributed by atoms with Crippen molar-refractivity contribution in [2.24, 2.45) is 11.3 Å². The lowest BCUT2D eigenvalue weighted by atomic mass is 9.74. The minimum absolute atomic E-state index is 0.116. The van der Waals surface area contributed by atoms with Gasteiger partial charge < -0.3 is 10.0 Å². The number of carbonyl (C=O) groups is 2. The van der Waals surface area contributed by atoms with E-state index < -0.39 is 17.2 Å². The van der Waals surface area contributed by atoms with Crippen molar-refractivity contribution in [2.75, 3.05) is 13.1 Å². The fourth-order valence-corrected chi connectivity index (χ4v) is 2.64. The summed E-state index contributed by atoms with van der Waals surface area (Å²) in [5.74, 6) is -1.84. The average molecular weight is 294 g/mol. The normalized spacial score (nSPS) is 19.4. The van der Waals surface area contributed by atoms with Crippen LogP contribution in [0.1, 0.15) is 37.0 Å². The van der Waals surface area contributed by atoms with Crippen molar-refractivity contribution in [1.82, 2.24) is 9.88 Å². The van der Waals surface area contributed by atoms with Crippen LogP contribution in [0.15, 0.2) is 18.5 Å². The van der Waals surface area contributed by atoms with Crippen molar-refractivity contribution < 1.29 is 19.1 Å². The summed E-state index contributed by atoms with van der Waals surface area (Å²) in [5, 5.41) is 9.31. The van der Waals surface area contributed by atoms with E-state index in [0.29, 0.717) is 13.1 Å². The van der Waals surface area contributed by atoms with Crippen LogP contribution in [0.3, 0.4) is 0 Å². The zero-order chi connectivity index (χ0) is 15.6. The maximum Gasteiger partial charge on any atom is 0.309 e. The second-order valence-corrected chi connectivity index (χ2v) is 6.01. The number of halogens is 1. The lowest BCUT2D eigenvalue weighted by Gasteiger charge is -2.39. The first-order valence-corrected chi connectivity index (χ1v) is 6.95. The molecule has 114 valence electrons. The van der Waals surface area contributed by atoms with Gasteiger partial charge in [-0.25, -0.2) is 4.39 Å². The summed E-state index contributed by atoms with van der Waals surface area (Å²) in [6, 6.07) is 1.15. The van der Waals surface area contributed by atoms with E-state index in [1.54, 1.807) is 18.7 Å². The van der Waals surface area contributed by atoms with Gasteiger partial charge in [-0.15, -0.1) is 0 Å². The molecule has 0 bridgehead atoms. The van der Waals surface area contributed by atoms with Gasteiger partial charge in [0.05, 0.1) is 17.2 Å². The number of likely N-dealkylation sites (tertiary alicyclic amines) is 1. The van der Waals surface area contributed by atoms with Gasteiger partial charge in [-0.3, -0.25) is 14.6 Å². The van der Waals surface area contributed by atoms with Gasteiger partial charge in [0.1, 0.15) is 5.82 Å². The van der Waals surface area contributed by atoms with Crippen LogP contribution >= 0.6 is 0 Å². The third kappa shape index (κ3) is 3.20. The molecule has 1 amide bonds. The van der Waals surface area contributed by atoms with Gasteiger partial charge in [-0.1, -0.05) is 0 Å². The lowest BCUT2D eigenvalue weighted by molar-refractivity contribution is -0.151. The van der Waals surface area contributed by atoms with E-state index >= 15 is 0 Å². The standard InChI is InChI=1S/C15H19FN2O3/c1-15(2,14(20)21)11-4-3-5-18(9-11)13(19)10-6-12(16)8-17-7-10/h6-8,11H,3-5,9H2,1-2H3,(H,20,21). The number of amides is 1. The molecule has 0 radical (unpaired) electrons. The number of rotatable bonds is 3. The topological polar surface area (TPSA) is 70.5 Å². The summed E-state index contributed by atoms with van der Waals surface area (Å²) in [6.07, 6.45) is 3.89. The summed E-state index contributed by atoms with van der Waals surface area (Å²) in [5.41, 5.74) is -0.692. The minimum Gasteiger partial charge on any atom is -0.481 e. The Bertz CT molecular complexity index is 560. The highest BCUT2D eigenvalue weighted by molar-refractivity contribution is 5.94. The summed E-state index contributed by atoms with van der Waals surface area (Å²) in [6.45, 7) is 4.28. The quantitative estimate of drug-likeness (QED) is 0.927. The summed E-state index contributed by atoms with van der Waals surface area (Å²) in [4.78, 5) is 29.0. The Hall–Kier alpha value is -1.98. The van der Waals surface area contributed by atoms with Crippen LogP contribution in [0.25, 0.3) is 0 Å². The zero-order valence-corrected chi connectivity index (χ0v) is 12.2. The predicted octanol–water partition coefficient (Wildman–Crippen LogP) is 2.18. The van der Waals surface area contributed by atoms with Gasteiger partial charge in [0, 0.05) is 19.3 Å². The lowest BCUT2D eigenvalue weighted by Crippen LogP contribution is -2.46. The van der Waals surface area contributed by atoms with E-state index in [1.807, 2.05) is 0 Å². The summed E-state index contributed by atoms with van der Waals surface area (Å²) >= 11 is 0. The maximum atomic E-state index is 13.2. The third-order valence-electron chi connectivity index (χ3n) is 4.23. The molecule has 5 nitrogen and oxygen atoms in total. The Labute approximate surface area is 122 Å². The highest BCUT2D eigenvalue weighted by Crippen LogP contribution is 2.34. The molecule has 1 saturated heterocycles. The molecule has 1 aromatic heterocycles. The molecule has 1 atom stereocenters. The monoisotopic (exact) mass is 294 g/mol. The molecule has 1 fully saturated rings. The molecule has 1 aliphatic heterocycles. The second kappa shape index (κ2) is 5.79. The number of hydrogen-bond donors (Lipinski definition) is 1. The van der Waals surface area contributed by atoms with Gasteiger partial charge >= 0.3 is 5.97 Å². The number of carboxylic acid groups (broad SMARTS) is 1. The minimum atomic E-state index is -0.890. The van der Waals surface area contributed by atoms with Gasteiger partial charge in [-0.05, 0) is 38.7 Å². The fraction of sp³-hybridized carbons (Fsp3) is 0.533. The van der Waals surface area contributed by atoms with E-state index in [2.05, 4.69) is 4.98 Å². The van der Waals surface area contributed by atoms with E-state index in [9.17, 15) is 19.1 Å². The Kier molecular flexibility index (Phi) is 4.25. The van der Waals surface area contributed by atoms with Crippen molar-refractivity contribution in [2.45, 2.75) is 26.7 Å². The highest BCUT2D eigenvalue weighted by Gasteiger charge is 2.40. The van der Waals surface area contributed by atoms with E-state index in [1.165, 1.54) is 6.20 Å². The third-order valence-corrected chi connectivity index (χ3v) is 4.23. The van der Waals surface area contributed by atoms with Crippen LogP contribution < -0.4 is 0 Å². The van der Waals surface area contributed by atoms with Gasteiger partial charge in [-0.2, -0.15) is 0 Å². The SMILES string of the molecule is CC(C)(C(=O)O)C1CCCN(C(=O)c2cncc(F)c2)C1. The largest absolute Gasteiger partial charge is 0.481 e. The van der Waals surface area contributed by atoms with Crippen LogP contribution in [-0.2, 0) is 4.79 Å². The van der Waals surface area contributed by atoms with Crippen LogP contribution in [0.2, 0.25) is 0 Å². The first kappa shape index (κ1) is 15.4. The molecule has 0 aliphatic carbocycles. The smallest absolute Gasteiger partial charge is 0.309 e. The molecule has 2 rings (SSSR count). The number of aromatic nitrogens is 1. The average Bonchev–Trinajstić information content (AvgIpc) is 2.46. The number of carbonyl (C=O) groups excluding carboxylic acids is 1. The molecule has 0 saturated carbocycles. The second-order valence-electron chi connectivity index (χ2n) is 6.01. The van der Waals surface area contributed by atoms with Crippen LogP contribution in [0, 0.1) is 17.2 Å². The van der Waals surface area contributed by atoms with E-state index in [-0.39, 0.29) is 17.4 Å². The first-order valence-electron chi connectivity index (χ1n) is 6.95. The van der Waals surface area contributed by atoms with E-state index in [0.717, 1.165) is 25.1 Å². The molecule has 0 spiro atoms. The van der Waals surface area contributed by atoms with Gasteiger partial charge in [0.2, 0.25) is 0 Å². The van der Waals surface area contributed by atoms with Crippen LogP contribution in [-0.4, -0.2) is 40.0 Å². The summed E-state index contributed by atoms with van der Waals surface area (Å²) < 4.78 is 13.2. The van der Waals surface area contributed by atoms with Gasteiger partial charge in [0.15, 0.2) is 0 Å². The Balaban J connectivity index is 2.14. The molecule has 0 aromatic carbocycles. The van der Waals surface area contributed by atoms with Crippen molar-refractivity contribution in [1.29, 1.82) is 0 Å². The first-order chi connectivity index (χ1) is 9.82. The van der Waals surface area contributed by atoms with Crippen LogP contribution in [0.5, 0.6) is 0 Å². The van der Waals surface area contributed by atoms with Crippen molar-refractivity contribution in [3.63, 3.8) is 0 Å².